The predicted molar refractivity (Wildman–Crippen MR) is 122 cm³/mol. The molecule has 4 nitrogen and oxygen atoms in total. The van der Waals surface area contributed by atoms with Gasteiger partial charge in [-0.15, -0.1) is 0 Å². The first kappa shape index (κ1) is 20.9. The second-order valence-corrected chi connectivity index (χ2v) is 8.75. The van der Waals surface area contributed by atoms with Crippen molar-refractivity contribution < 1.29 is 9.31 Å². The first-order valence-electron chi connectivity index (χ1n) is 10.3. The van der Waals surface area contributed by atoms with Crippen LogP contribution < -0.4 is 5.46 Å². The van der Waals surface area contributed by atoms with Crippen LogP contribution >= 0.6 is 0 Å². The van der Waals surface area contributed by atoms with E-state index in [4.69, 9.17) is 9.31 Å². The number of nitrogens with zero attached hydrogens (tertiary/aromatic N) is 2. The van der Waals surface area contributed by atoms with Crippen LogP contribution in [0.15, 0.2) is 66.7 Å². The molecule has 31 heavy (non-hydrogen) atoms. The second-order valence-electron chi connectivity index (χ2n) is 8.75. The van der Waals surface area contributed by atoms with Gasteiger partial charge in [0.25, 0.3) is 0 Å². The monoisotopic (exact) mass is 406 g/mol. The fraction of sp³-hybridized carbons (Fsp3) is 0.231. The van der Waals surface area contributed by atoms with Gasteiger partial charge >= 0.3 is 7.12 Å². The molecule has 0 bridgehead atoms. The molecule has 1 heterocycles. The molecule has 4 rings (SSSR count). The molecule has 1 saturated heterocycles. The molecule has 0 amide bonds. The maximum atomic E-state index is 9.62. The summed E-state index contributed by atoms with van der Waals surface area (Å²) in [5.41, 5.74) is 4.52. The first-order valence-corrected chi connectivity index (χ1v) is 10.3. The van der Waals surface area contributed by atoms with Crippen LogP contribution in [-0.4, -0.2) is 18.3 Å². The van der Waals surface area contributed by atoms with Crippen LogP contribution in [0.25, 0.3) is 22.3 Å². The van der Waals surface area contributed by atoms with Crippen LogP contribution in [0.5, 0.6) is 0 Å². The standard InChI is InChI=1S/C26H23BN2O2/c1-25(2)26(3,4)31-27(30-25)22-14-20(23-11-7-5-9-18(23)16-28)13-21(15-22)24-12-8-6-10-19(24)17-29/h5-15H,1-4H3. The molecule has 1 aliphatic heterocycles. The molecule has 0 N–H and O–H groups in total. The minimum Gasteiger partial charge on any atom is -0.399 e. The SMILES string of the molecule is CC1(C)OB(c2cc(-c3ccccc3C#N)cc(-c3ccccc3C#N)c2)OC1(C)C. The molecule has 1 fully saturated rings. The third-order valence-electron chi connectivity index (χ3n) is 6.20. The molecule has 0 spiro atoms. The van der Waals surface area contributed by atoms with Gasteiger partial charge in [-0.2, -0.15) is 10.5 Å². The lowest BCUT2D eigenvalue weighted by atomic mass is 9.76. The minimum absolute atomic E-state index is 0.469. The summed E-state index contributed by atoms with van der Waals surface area (Å²) in [7, 11) is -0.549. The number of hydrogen-bond donors (Lipinski definition) is 0. The molecule has 3 aromatic carbocycles. The Bertz CT molecular complexity index is 1140. The van der Waals surface area contributed by atoms with Crippen LogP contribution in [0.1, 0.15) is 38.8 Å². The Balaban J connectivity index is 1.92. The van der Waals surface area contributed by atoms with E-state index in [2.05, 4.69) is 12.1 Å². The molecule has 0 radical (unpaired) electrons. The number of rotatable bonds is 3. The van der Waals surface area contributed by atoms with Gasteiger partial charge in [0.05, 0.1) is 34.5 Å². The first-order chi connectivity index (χ1) is 14.8. The highest BCUT2D eigenvalue weighted by atomic mass is 16.7. The Labute approximate surface area is 183 Å². The van der Waals surface area contributed by atoms with Gasteiger partial charge in [-0.25, -0.2) is 0 Å². The Hall–Kier alpha value is -3.38. The van der Waals surface area contributed by atoms with E-state index < -0.39 is 18.3 Å². The van der Waals surface area contributed by atoms with Crippen molar-refractivity contribution in [3.05, 3.63) is 77.9 Å². The van der Waals surface area contributed by atoms with E-state index in [-0.39, 0.29) is 0 Å². The van der Waals surface area contributed by atoms with Crippen molar-refractivity contribution in [2.75, 3.05) is 0 Å². The summed E-state index contributed by atoms with van der Waals surface area (Å²) < 4.78 is 12.6. The van der Waals surface area contributed by atoms with Gasteiger partial charge in [0, 0.05) is 0 Å². The Kier molecular flexibility index (Phi) is 5.19. The maximum absolute atomic E-state index is 9.62. The van der Waals surface area contributed by atoms with Crippen LogP contribution in [0.2, 0.25) is 0 Å². The average molecular weight is 406 g/mol. The van der Waals surface area contributed by atoms with Gasteiger partial charge in [-0.1, -0.05) is 48.5 Å². The largest absolute Gasteiger partial charge is 0.494 e. The predicted octanol–water partition coefficient (Wildman–Crippen LogP) is 5.06. The van der Waals surface area contributed by atoms with Crippen LogP contribution in [0, 0.1) is 22.7 Å². The lowest BCUT2D eigenvalue weighted by molar-refractivity contribution is 0.00578. The zero-order chi connectivity index (χ0) is 22.2. The van der Waals surface area contributed by atoms with Gasteiger partial charge < -0.3 is 9.31 Å². The highest BCUT2D eigenvalue weighted by Crippen LogP contribution is 2.37. The summed E-state index contributed by atoms with van der Waals surface area (Å²) >= 11 is 0. The summed E-state index contributed by atoms with van der Waals surface area (Å²) in [6.45, 7) is 8.09. The van der Waals surface area contributed by atoms with Gasteiger partial charge in [0.15, 0.2) is 0 Å². The molecular formula is C26H23BN2O2. The van der Waals surface area contributed by atoms with Crippen LogP contribution in [0.4, 0.5) is 0 Å². The third kappa shape index (κ3) is 3.75. The topological polar surface area (TPSA) is 66.0 Å². The number of benzene rings is 3. The molecular weight excluding hydrogens is 383 g/mol. The van der Waals surface area contributed by atoms with E-state index in [9.17, 15) is 10.5 Å². The zero-order valence-corrected chi connectivity index (χ0v) is 18.1. The quantitative estimate of drug-likeness (QED) is 0.570. The van der Waals surface area contributed by atoms with E-state index in [1.54, 1.807) is 12.1 Å². The van der Waals surface area contributed by atoms with E-state index in [1.165, 1.54) is 0 Å². The minimum atomic E-state index is -0.549. The summed E-state index contributed by atoms with van der Waals surface area (Å²) in [6, 6.07) is 25.6. The number of nitriles is 2. The lowest BCUT2D eigenvalue weighted by Crippen LogP contribution is -2.41. The summed E-state index contributed by atoms with van der Waals surface area (Å²) in [4.78, 5) is 0. The van der Waals surface area contributed by atoms with E-state index in [0.717, 1.165) is 27.7 Å². The van der Waals surface area contributed by atoms with Crippen molar-refractivity contribution in [1.82, 2.24) is 0 Å². The molecule has 3 aromatic rings. The second kappa shape index (κ2) is 7.71. The fourth-order valence-corrected chi connectivity index (χ4v) is 3.74. The van der Waals surface area contributed by atoms with Gasteiger partial charge in [-0.05, 0) is 73.6 Å². The Morgan fingerprint density at radius 2 is 1.10 bits per heavy atom. The highest BCUT2D eigenvalue weighted by Gasteiger charge is 2.51. The normalized spacial score (nSPS) is 16.5. The summed E-state index contributed by atoms with van der Waals surface area (Å²) in [6.07, 6.45) is 0. The molecule has 5 heteroatoms. The lowest BCUT2D eigenvalue weighted by Gasteiger charge is -2.32. The van der Waals surface area contributed by atoms with Crippen molar-refractivity contribution in [3.8, 4) is 34.4 Å². The zero-order valence-electron chi connectivity index (χ0n) is 18.1. The van der Waals surface area contributed by atoms with E-state index in [0.29, 0.717) is 11.1 Å². The Morgan fingerprint density at radius 3 is 1.52 bits per heavy atom. The molecule has 1 aliphatic rings. The van der Waals surface area contributed by atoms with Crippen molar-refractivity contribution in [2.24, 2.45) is 0 Å². The molecule has 0 atom stereocenters. The van der Waals surface area contributed by atoms with E-state index >= 15 is 0 Å². The molecule has 0 aliphatic carbocycles. The van der Waals surface area contributed by atoms with Crippen LogP contribution in [-0.2, 0) is 9.31 Å². The van der Waals surface area contributed by atoms with Crippen molar-refractivity contribution in [1.29, 1.82) is 10.5 Å². The molecule has 0 unspecified atom stereocenters. The number of hydrogen-bond acceptors (Lipinski definition) is 4. The molecule has 0 saturated carbocycles. The maximum Gasteiger partial charge on any atom is 0.494 e. The molecule has 152 valence electrons. The van der Waals surface area contributed by atoms with Gasteiger partial charge in [-0.3, -0.25) is 0 Å². The third-order valence-corrected chi connectivity index (χ3v) is 6.20. The smallest absolute Gasteiger partial charge is 0.399 e. The average Bonchev–Trinajstić information content (AvgIpc) is 3.00. The highest BCUT2D eigenvalue weighted by molar-refractivity contribution is 6.62. The van der Waals surface area contributed by atoms with Gasteiger partial charge in [0.2, 0.25) is 0 Å². The molecule has 0 aromatic heterocycles. The van der Waals surface area contributed by atoms with Crippen molar-refractivity contribution >= 4 is 12.6 Å². The summed E-state index contributed by atoms with van der Waals surface area (Å²) in [5, 5.41) is 19.2. The Morgan fingerprint density at radius 1 is 0.677 bits per heavy atom. The fourth-order valence-electron chi connectivity index (χ4n) is 3.74. The van der Waals surface area contributed by atoms with Gasteiger partial charge in [0.1, 0.15) is 0 Å². The van der Waals surface area contributed by atoms with Crippen molar-refractivity contribution in [2.45, 2.75) is 38.9 Å². The van der Waals surface area contributed by atoms with Crippen molar-refractivity contribution in [3.63, 3.8) is 0 Å². The van der Waals surface area contributed by atoms with Crippen LogP contribution in [0.3, 0.4) is 0 Å². The summed E-state index contributed by atoms with van der Waals surface area (Å²) in [5.74, 6) is 0. The van der Waals surface area contributed by atoms with E-state index in [1.807, 2.05) is 82.3 Å².